The van der Waals surface area contributed by atoms with E-state index < -0.39 is 0 Å². The summed E-state index contributed by atoms with van der Waals surface area (Å²) in [7, 11) is 0. The highest BCUT2D eigenvalue weighted by molar-refractivity contribution is 4.85. The highest BCUT2D eigenvalue weighted by Gasteiger charge is 2.30. The summed E-state index contributed by atoms with van der Waals surface area (Å²) >= 11 is 0. The molecule has 1 heteroatoms. The van der Waals surface area contributed by atoms with Crippen LogP contribution in [0.25, 0.3) is 0 Å². The van der Waals surface area contributed by atoms with Crippen molar-refractivity contribution in [3.8, 4) is 0 Å². The molecule has 70 valence electrons. The molecule has 0 aromatic rings. The lowest BCUT2D eigenvalue weighted by atomic mass is 9.76. The first-order valence-corrected chi connectivity index (χ1v) is 5.63. The molecule has 2 atom stereocenters. The van der Waals surface area contributed by atoms with E-state index in [9.17, 15) is 0 Å². The van der Waals surface area contributed by atoms with Gasteiger partial charge in [-0.25, -0.2) is 0 Å². The molecule has 2 saturated carbocycles. The van der Waals surface area contributed by atoms with Gasteiger partial charge in [-0.2, -0.15) is 0 Å². The fourth-order valence-electron chi connectivity index (χ4n) is 3.16. The number of hydrogen-bond donors (Lipinski definition) is 1. The number of hydrogen-bond acceptors (Lipinski definition) is 1. The van der Waals surface area contributed by atoms with Gasteiger partial charge in [0, 0.05) is 6.04 Å². The van der Waals surface area contributed by atoms with Crippen LogP contribution in [0.2, 0.25) is 0 Å². The first-order valence-electron chi connectivity index (χ1n) is 5.63. The van der Waals surface area contributed by atoms with Crippen molar-refractivity contribution in [3.63, 3.8) is 0 Å². The quantitative estimate of drug-likeness (QED) is 0.638. The van der Waals surface area contributed by atoms with Crippen LogP contribution < -0.4 is 5.73 Å². The van der Waals surface area contributed by atoms with Crippen LogP contribution in [-0.2, 0) is 0 Å². The Kier molecular flexibility index (Phi) is 2.69. The lowest BCUT2D eigenvalue weighted by Gasteiger charge is -2.33. The lowest BCUT2D eigenvalue weighted by molar-refractivity contribution is 0.217. The van der Waals surface area contributed by atoms with E-state index >= 15 is 0 Å². The van der Waals surface area contributed by atoms with Crippen LogP contribution in [0.5, 0.6) is 0 Å². The van der Waals surface area contributed by atoms with Crippen LogP contribution in [-0.4, -0.2) is 6.04 Å². The van der Waals surface area contributed by atoms with E-state index in [4.69, 9.17) is 5.73 Å². The van der Waals surface area contributed by atoms with Gasteiger partial charge in [0.05, 0.1) is 0 Å². The second-order valence-electron chi connectivity index (χ2n) is 4.66. The summed E-state index contributed by atoms with van der Waals surface area (Å²) in [4.78, 5) is 0. The molecule has 1 nitrogen and oxygen atoms in total. The van der Waals surface area contributed by atoms with Gasteiger partial charge in [0.15, 0.2) is 0 Å². The van der Waals surface area contributed by atoms with Crippen molar-refractivity contribution in [3.05, 3.63) is 0 Å². The van der Waals surface area contributed by atoms with Gasteiger partial charge in [0.25, 0.3) is 0 Å². The predicted molar refractivity (Wildman–Crippen MR) is 51.9 cm³/mol. The molecule has 0 bridgehead atoms. The predicted octanol–water partition coefficient (Wildman–Crippen LogP) is 2.69. The van der Waals surface area contributed by atoms with Crippen molar-refractivity contribution in [1.82, 2.24) is 0 Å². The van der Waals surface area contributed by atoms with Crippen LogP contribution >= 0.6 is 0 Å². The summed E-state index contributed by atoms with van der Waals surface area (Å²) in [6, 6.07) is 0.543. The Morgan fingerprint density at radius 3 is 2.00 bits per heavy atom. The normalized spacial score (nSPS) is 38.8. The summed E-state index contributed by atoms with van der Waals surface area (Å²) in [6.07, 6.45) is 11.4. The van der Waals surface area contributed by atoms with E-state index in [1.807, 2.05) is 0 Å². The van der Waals surface area contributed by atoms with E-state index in [0.717, 1.165) is 11.8 Å². The first kappa shape index (κ1) is 8.55. The Morgan fingerprint density at radius 2 is 1.33 bits per heavy atom. The first-order chi connectivity index (χ1) is 5.88. The molecule has 0 amide bonds. The van der Waals surface area contributed by atoms with Crippen molar-refractivity contribution >= 4 is 0 Å². The third kappa shape index (κ3) is 1.66. The topological polar surface area (TPSA) is 26.0 Å². The van der Waals surface area contributed by atoms with E-state index in [1.165, 1.54) is 51.4 Å². The molecule has 0 saturated heterocycles. The van der Waals surface area contributed by atoms with E-state index in [-0.39, 0.29) is 0 Å². The molecule has 0 aromatic heterocycles. The Balaban J connectivity index is 1.91. The third-order valence-electron chi connectivity index (χ3n) is 3.88. The molecule has 2 aliphatic carbocycles. The highest BCUT2D eigenvalue weighted by atomic mass is 14.7. The zero-order valence-corrected chi connectivity index (χ0v) is 7.97. The Morgan fingerprint density at radius 1 is 0.750 bits per heavy atom. The minimum Gasteiger partial charge on any atom is -0.327 e. The largest absolute Gasteiger partial charge is 0.327 e. The summed E-state index contributed by atoms with van der Waals surface area (Å²) in [5, 5.41) is 0. The summed E-state index contributed by atoms with van der Waals surface area (Å²) in [5.41, 5.74) is 6.16. The lowest BCUT2D eigenvalue weighted by Crippen LogP contribution is -2.36. The maximum absolute atomic E-state index is 6.16. The minimum absolute atomic E-state index is 0.543. The molecular formula is C11H21N. The maximum atomic E-state index is 6.16. The molecule has 2 N–H and O–H groups in total. The second kappa shape index (κ2) is 3.78. The van der Waals surface area contributed by atoms with Crippen LogP contribution in [0.15, 0.2) is 0 Å². The molecule has 0 radical (unpaired) electrons. The fraction of sp³-hybridized carbons (Fsp3) is 1.00. The monoisotopic (exact) mass is 167 g/mol. The van der Waals surface area contributed by atoms with Gasteiger partial charge in [0.1, 0.15) is 0 Å². The van der Waals surface area contributed by atoms with Gasteiger partial charge in [-0.1, -0.05) is 38.5 Å². The zero-order valence-electron chi connectivity index (χ0n) is 7.97. The smallest absolute Gasteiger partial charge is 0.00698 e. The molecule has 2 rings (SSSR count). The minimum atomic E-state index is 0.543. The molecular weight excluding hydrogens is 146 g/mol. The fourth-order valence-corrected chi connectivity index (χ4v) is 3.16. The Bertz CT molecular complexity index is 138. The number of rotatable bonds is 1. The van der Waals surface area contributed by atoms with Crippen LogP contribution in [0.1, 0.15) is 51.4 Å². The Labute approximate surface area is 75.7 Å². The average Bonchev–Trinajstić information content (AvgIpc) is 2.57. The molecule has 0 unspecified atom stereocenters. The van der Waals surface area contributed by atoms with E-state index in [2.05, 4.69) is 0 Å². The zero-order chi connectivity index (χ0) is 8.39. The summed E-state index contributed by atoms with van der Waals surface area (Å²) in [5.74, 6) is 1.89. The molecule has 0 aromatic carbocycles. The second-order valence-corrected chi connectivity index (χ2v) is 4.66. The van der Waals surface area contributed by atoms with Crippen LogP contribution in [0.3, 0.4) is 0 Å². The van der Waals surface area contributed by atoms with Gasteiger partial charge in [-0.05, 0) is 24.7 Å². The standard InChI is InChI=1S/C11H21N/c12-11-8-4-3-7-10(11)9-5-1-2-6-9/h9-11H,1-8,12H2/t10-,11-/m1/s1. The van der Waals surface area contributed by atoms with Crippen molar-refractivity contribution in [2.24, 2.45) is 17.6 Å². The van der Waals surface area contributed by atoms with Gasteiger partial charge < -0.3 is 5.73 Å². The molecule has 2 fully saturated rings. The van der Waals surface area contributed by atoms with Gasteiger partial charge in [0.2, 0.25) is 0 Å². The van der Waals surface area contributed by atoms with Gasteiger partial charge in [-0.3, -0.25) is 0 Å². The highest BCUT2D eigenvalue weighted by Crippen LogP contribution is 2.38. The van der Waals surface area contributed by atoms with Crippen LogP contribution in [0, 0.1) is 11.8 Å². The molecule has 0 spiro atoms. The Hall–Kier alpha value is -0.0400. The van der Waals surface area contributed by atoms with Crippen LogP contribution in [0.4, 0.5) is 0 Å². The molecule has 0 heterocycles. The van der Waals surface area contributed by atoms with Crippen molar-refractivity contribution < 1.29 is 0 Å². The van der Waals surface area contributed by atoms with Crippen molar-refractivity contribution in [1.29, 1.82) is 0 Å². The van der Waals surface area contributed by atoms with Crippen molar-refractivity contribution in [2.75, 3.05) is 0 Å². The summed E-state index contributed by atoms with van der Waals surface area (Å²) in [6.45, 7) is 0. The third-order valence-corrected chi connectivity index (χ3v) is 3.88. The number of nitrogens with two attached hydrogens (primary N) is 1. The molecule has 2 aliphatic rings. The van der Waals surface area contributed by atoms with E-state index in [1.54, 1.807) is 0 Å². The van der Waals surface area contributed by atoms with E-state index in [0.29, 0.717) is 6.04 Å². The SMILES string of the molecule is N[C@@H]1CCCC[C@@H]1C1CCCC1. The molecule has 12 heavy (non-hydrogen) atoms. The maximum Gasteiger partial charge on any atom is 0.00698 e. The van der Waals surface area contributed by atoms with Gasteiger partial charge >= 0.3 is 0 Å². The average molecular weight is 167 g/mol. The molecule has 0 aliphatic heterocycles. The summed E-state index contributed by atoms with van der Waals surface area (Å²) < 4.78 is 0. The van der Waals surface area contributed by atoms with Crippen molar-refractivity contribution in [2.45, 2.75) is 57.4 Å². The van der Waals surface area contributed by atoms with Gasteiger partial charge in [-0.15, -0.1) is 0 Å².